The van der Waals surface area contributed by atoms with Crippen LogP contribution in [0.25, 0.3) is 0 Å². The van der Waals surface area contributed by atoms with Crippen LogP contribution in [0.3, 0.4) is 0 Å². The van der Waals surface area contributed by atoms with E-state index in [2.05, 4.69) is 0 Å². The standard InChI is InChI=1S/C12H16ClFO3/c1-16-4-5-17-8-11(15)6-9-2-3-10(13)7-12(9)14/h2-3,7,11,15H,4-6,8H2,1H3. The first-order valence-electron chi connectivity index (χ1n) is 5.32. The molecule has 3 nitrogen and oxygen atoms in total. The molecule has 1 rings (SSSR count). The highest BCUT2D eigenvalue weighted by molar-refractivity contribution is 6.30. The molecule has 0 spiro atoms. The van der Waals surface area contributed by atoms with Crippen molar-refractivity contribution in [3.8, 4) is 0 Å². The number of hydrogen-bond donors (Lipinski definition) is 1. The van der Waals surface area contributed by atoms with E-state index in [4.69, 9.17) is 21.1 Å². The third-order valence-electron chi connectivity index (χ3n) is 2.21. The molecule has 0 aliphatic rings. The molecule has 0 saturated heterocycles. The second kappa shape index (κ2) is 7.61. The Morgan fingerprint density at radius 2 is 2.18 bits per heavy atom. The van der Waals surface area contributed by atoms with Gasteiger partial charge in [0, 0.05) is 18.6 Å². The van der Waals surface area contributed by atoms with Crippen molar-refractivity contribution in [2.45, 2.75) is 12.5 Å². The van der Waals surface area contributed by atoms with Crippen molar-refractivity contribution in [1.82, 2.24) is 0 Å². The van der Waals surface area contributed by atoms with Gasteiger partial charge in [-0.2, -0.15) is 0 Å². The molecule has 1 N–H and O–H groups in total. The summed E-state index contributed by atoms with van der Waals surface area (Å²) < 4.78 is 23.3. The van der Waals surface area contributed by atoms with E-state index in [0.29, 0.717) is 23.8 Å². The fourth-order valence-electron chi connectivity index (χ4n) is 1.36. The predicted octanol–water partition coefficient (Wildman–Crippen LogP) is 2.05. The minimum atomic E-state index is -0.734. The number of ether oxygens (including phenoxy) is 2. The molecule has 5 heteroatoms. The molecule has 0 aliphatic heterocycles. The zero-order valence-corrected chi connectivity index (χ0v) is 10.4. The van der Waals surface area contributed by atoms with E-state index in [-0.39, 0.29) is 13.0 Å². The molecule has 0 amide bonds. The summed E-state index contributed by atoms with van der Waals surface area (Å²) >= 11 is 5.63. The summed E-state index contributed by atoms with van der Waals surface area (Å²) in [6, 6.07) is 4.39. The van der Waals surface area contributed by atoms with Crippen LogP contribution in [0, 0.1) is 5.82 Å². The van der Waals surface area contributed by atoms with Crippen molar-refractivity contribution in [2.75, 3.05) is 26.9 Å². The smallest absolute Gasteiger partial charge is 0.127 e. The van der Waals surface area contributed by atoms with Crippen LogP contribution in [0.4, 0.5) is 4.39 Å². The molecule has 1 aromatic rings. The lowest BCUT2D eigenvalue weighted by Crippen LogP contribution is -2.20. The highest BCUT2D eigenvalue weighted by Crippen LogP contribution is 2.16. The highest BCUT2D eigenvalue weighted by atomic mass is 35.5. The molecule has 1 atom stereocenters. The van der Waals surface area contributed by atoms with Gasteiger partial charge < -0.3 is 14.6 Å². The van der Waals surface area contributed by atoms with Gasteiger partial charge in [-0.25, -0.2) is 4.39 Å². The molecule has 1 aromatic carbocycles. The maximum absolute atomic E-state index is 13.4. The summed E-state index contributed by atoms with van der Waals surface area (Å²) in [6.45, 7) is 1.05. The first-order valence-corrected chi connectivity index (χ1v) is 5.70. The molecule has 1 unspecified atom stereocenters. The van der Waals surface area contributed by atoms with Crippen molar-refractivity contribution in [1.29, 1.82) is 0 Å². The van der Waals surface area contributed by atoms with Gasteiger partial charge in [0.15, 0.2) is 0 Å². The van der Waals surface area contributed by atoms with Gasteiger partial charge in [-0.3, -0.25) is 0 Å². The Hall–Kier alpha value is -0.680. The Morgan fingerprint density at radius 1 is 1.41 bits per heavy atom. The third-order valence-corrected chi connectivity index (χ3v) is 2.45. The van der Waals surface area contributed by atoms with Gasteiger partial charge in [0.1, 0.15) is 5.82 Å². The summed E-state index contributed by atoms with van der Waals surface area (Å²) in [6.07, 6.45) is -0.529. The molecule has 17 heavy (non-hydrogen) atoms. The van der Waals surface area contributed by atoms with Gasteiger partial charge in [-0.1, -0.05) is 17.7 Å². The number of benzene rings is 1. The largest absolute Gasteiger partial charge is 0.390 e. The van der Waals surface area contributed by atoms with Crippen molar-refractivity contribution in [3.05, 3.63) is 34.6 Å². The molecule has 0 saturated carbocycles. The Kier molecular flexibility index (Phi) is 6.44. The lowest BCUT2D eigenvalue weighted by molar-refractivity contribution is 0.0134. The van der Waals surface area contributed by atoms with Crippen LogP contribution >= 0.6 is 11.6 Å². The number of aliphatic hydroxyl groups excluding tert-OH is 1. The lowest BCUT2D eigenvalue weighted by Gasteiger charge is -2.11. The van der Waals surface area contributed by atoms with Crippen molar-refractivity contribution >= 4 is 11.6 Å². The molecule has 0 fully saturated rings. The minimum absolute atomic E-state index is 0.158. The van der Waals surface area contributed by atoms with E-state index in [0.717, 1.165) is 0 Å². The SMILES string of the molecule is COCCOCC(O)Cc1ccc(Cl)cc1F. The van der Waals surface area contributed by atoms with Gasteiger partial charge in [0.25, 0.3) is 0 Å². The minimum Gasteiger partial charge on any atom is -0.390 e. The third kappa shape index (κ3) is 5.46. The van der Waals surface area contributed by atoms with Gasteiger partial charge in [0.2, 0.25) is 0 Å². The quantitative estimate of drug-likeness (QED) is 0.765. The van der Waals surface area contributed by atoms with Crippen LogP contribution < -0.4 is 0 Å². The van der Waals surface area contributed by atoms with Crippen LogP contribution in [-0.4, -0.2) is 38.1 Å². The molecule has 0 aliphatic carbocycles. The number of rotatable bonds is 7. The maximum atomic E-state index is 13.4. The Morgan fingerprint density at radius 3 is 2.82 bits per heavy atom. The van der Waals surface area contributed by atoms with Crippen LogP contribution in [-0.2, 0) is 15.9 Å². The second-order valence-corrected chi connectivity index (χ2v) is 4.10. The Balaban J connectivity index is 2.37. The molecule has 0 heterocycles. The molecular weight excluding hydrogens is 247 g/mol. The van der Waals surface area contributed by atoms with Gasteiger partial charge in [0.05, 0.1) is 25.9 Å². The van der Waals surface area contributed by atoms with Crippen molar-refractivity contribution < 1.29 is 19.0 Å². The summed E-state index contributed by atoms with van der Waals surface area (Å²) in [7, 11) is 1.57. The first-order chi connectivity index (χ1) is 8.13. The van der Waals surface area contributed by atoms with Gasteiger partial charge >= 0.3 is 0 Å². The lowest BCUT2D eigenvalue weighted by atomic mass is 10.1. The summed E-state index contributed by atoms with van der Waals surface area (Å²) in [4.78, 5) is 0. The van der Waals surface area contributed by atoms with E-state index in [1.807, 2.05) is 0 Å². The summed E-state index contributed by atoms with van der Waals surface area (Å²) in [5, 5.41) is 9.97. The molecule has 0 aromatic heterocycles. The number of methoxy groups -OCH3 is 1. The van der Waals surface area contributed by atoms with Crippen molar-refractivity contribution in [2.24, 2.45) is 0 Å². The average molecular weight is 263 g/mol. The van der Waals surface area contributed by atoms with Crippen LogP contribution in [0.1, 0.15) is 5.56 Å². The predicted molar refractivity (Wildman–Crippen MR) is 63.8 cm³/mol. The average Bonchev–Trinajstić information content (AvgIpc) is 2.28. The van der Waals surface area contributed by atoms with Crippen molar-refractivity contribution in [3.63, 3.8) is 0 Å². The van der Waals surface area contributed by atoms with Gasteiger partial charge in [-0.05, 0) is 17.7 Å². The highest BCUT2D eigenvalue weighted by Gasteiger charge is 2.10. The number of hydrogen-bond acceptors (Lipinski definition) is 3. The second-order valence-electron chi connectivity index (χ2n) is 3.66. The molecule has 0 bridgehead atoms. The topological polar surface area (TPSA) is 38.7 Å². The summed E-state index contributed by atoms with van der Waals surface area (Å²) in [5.74, 6) is -0.409. The molecular formula is C12H16ClFO3. The zero-order valence-electron chi connectivity index (χ0n) is 9.66. The van der Waals surface area contributed by atoms with E-state index in [1.54, 1.807) is 19.2 Å². The van der Waals surface area contributed by atoms with Crippen LogP contribution in [0.15, 0.2) is 18.2 Å². The van der Waals surface area contributed by atoms with Crippen LogP contribution in [0.5, 0.6) is 0 Å². The molecule has 0 radical (unpaired) electrons. The summed E-state index contributed by atoms with van der Waals surface area (Å²) in [5.41, 5.74) is 0.428. The fourth-order valence-corrected chi connectivity index (χ4v) is 1.52. The van der Waals surface area contributed by atoms with E-state index < -0.39 is 11.9 Å². The Bertz CT molecular complexity index is 347. The monoisotopic (exact) mass is 262 g/mol. The van der Waals surface area contributed by atoms with Gasteiger partial charge in [-0.15, -0.1) is 0 Å². The maximum Gasteiger partial charge on any atom is 0.127 e. The number of aliphatic hydroxyl groups is 1. The first kappa shape index (κ1) is 14.4. The molecule has 96 valence electrons. The fraction of sp³-hybridized carbons (Fsp3) is 0.500. The normalized spacial score (nSPS) is 12.7. The van der Waals surface area contributed by atoms with E-state index in [1.165, 1.54) is 6.07 Å². The van der Waals surface area contributed by atoms with E-state index in [9.17, 15) is 9.50 Å². The Labute approximate surface area is 105 Å². The number of halogens is 2. The zero-order chi connectivity index (χ0) is 12.7. The van der Waals surface area contributed by atoms with Crippen LogP contribution in [0.2, 0.25) is 5.02 Å². The van der Waals surface area contributed by atoms with E-state index >= 15 is 0 Å².